The van der Waals surface area contributed by atoms with E-state index in [1.807, 2.05) is 18.5 Å². The highest BCUT2D eigenvalue weighted by Crippen LogP contribution is 2.22. The van der Waals surface area contributed by atoms with Gasteiger partial charge in [0.1, 0.15) is 10.9 Å². The van der Waals surface area contributed by atoms with Gasteiger partial charge in [-0.25, -0.2) is 4.99 Å². The number of hydrogen-bond donors (Lipinski definition) is 2. The van der Waals surface area contributed by atoms with Crippen LogP contribution in [0.5, 0.6) is 0 Å². The number of hydrogen-bond acceptors (Lipinski definition) is 4. The molecule has 0 bridgehead atoms. The summed E-state index contributed by atoms with van der Waals surface area (Å²) >= 11 is 1.34. The van der Waals surface area contributed by atoms with Crippen LogP contribution in [-0.2, 0) is 0 Å². The standard InChI is InChI=1S/C13H17N5S/c1-9(13(2,3)4)17-12(16-8-15)18-10-5-11(6-14)19-7-10/h5,7,9H,1-4H3,(H2,16,17,18). The van der Waals surface area contributed by atoms with Crippen LogP contribution in [0.15, 0.2) is 16.4 Å². The Bertz CT molecular complexity index is 539. The van der Waals surface area contributed by atoms with E-state index in [9.17, 15) is 0 Å². The van der Waals surface area contributed by atoms with Crippen molar-refractivity contribution in [1.29, 1.82) is 10.5 Å². The number of thiophene rings is 1. The Morgan fingerprint density at radius 2 is 2.11 bits per heavy atom. The fourth-order valence-electron chi connectivity index (χ4n) is 1.13. The molecular formula is C13H17N5S. The van der Waals surface area contributed by atoms with Gasteiger partial charge in [-0.3, -0.25) is 5.32 Å². The van der Waals surface area contributed by atoms with Crippen LogP contribution in [0.4, 0.5) is 5.69 Å². The topological polar surface area (TPSA) is 84.0 Å². The highest BCUT2D eigenvalue weighted by molar-refractivity contribution is 7.11. The van der Waals surface area contributed by atoms with Gasteiger partial charge >= 0.3 is 0 Å². The van der Waals surface area contributed by atoms with E-state index in [2.05, 4.69) is 42.5 Å². The molecule has 1 aromatic rings. The van der Waals surface area contributed by atoms with Crippen LogP contribution in [0.1, 0.15) is 32.6 Å². The van der Waals surface area contributed by atoms with Gasteiger partial charge in [-0.2, -0.15) is 10.5 Å². The van der Waals surface area contributed by atoms with Gasteiger partial charge in [-0.15, -0.1) is 11.3 Å². The second kappa shape index (κ2) is 6.21. The number of anilines is 1. The van der Waals surface area contributed by atoms with E-state index in [4.69, 9.17) is 10.5 Å². The molecule has 0 saturated heterocycles. The summed E-state index contributed by atoms with van der Waals surface area (Å²) in [6.07, 6.45) is 1.86. The molecule has 0 saturated carbocycles. The van der Waals surface area contributed by atoms with Crippen molar-refractivity contribution >= 4 is 23.0 Å². The van der Waals surface area contributed by atoms with E-state index in [1.165, 1.54) is 11.3 Å². The van der Waals surface area contributed by atoms with Gasteiger partial charge < -0.3 is 5.32 Å². The van der Waals surface area contributed by atoms with E-state index in [0.717, 1.165) is 5.69 Å². The molecule has 5 nitrogen and oxygen atoms in total. The lowest BCUT2D eigenvalue weighted by molar-refractivity contribution is 0.341. The second-order valence-corrected chi connectivity index (χ2v) is 6.10. The van der Waals surface area contributed by atoms with Crippen molar-refractivity contribution in [3.05, 3.63) is 16.3 Å². The highest BCUT2D eigenvalue weighted by Gasteiger charge is 2.20. The summed E-state index contributed by atoms with van der Waals surface area (Å²) in [6, 6.07) is 3.84. The molecule has 0 amide bonds. The molecule has 0 spiro atoms. The summed E-state index contributed by atoms with van der Waals surface area (Å²) in [5, 5.41) is 24.9. The highest BCUT2D eigenvalue weighted by atomic mass is 32.1. The smallest absolute Gasteiger partial charge is 0.209 e. The average Bonchev–Trinajstić information content (AvgIpc) is 2.75. The Labute approximate surface area is 117 Å². The molecule has 1 unspecified atom stereocenters. The van der Waals surface area contributed by atoms with Crippen LogP contribution >= 0.6 is 11.3 Å². The molecule has 2 N–H and O–H groups in total. The van der Waals surface area contributed by atoms with Gasteiger partial charge in [0.15, 0.2) is 6.19 Å². The zero-order valence-corrected chi connectivity index (χ0v) is 12.3. The summed E-state index contributed by atoms with van der Waals surface area (Å²) in [6.45, 7) is 8.26. The minimum Gasteiger partial charge on any atom is -0.325 e. The minimum atomic E-state index is 0.0104. The molecule has 0 radical (unpaired) electrons. The zero-order chi connectivity index (χ0) is 14.5. The number of nitrogens with one attached hydrogen (secondary N) is 2. The van der Waals surface area contributed by atoms with Crippen molar-refractivity contribution in [1.82, 2.24) is 5.32 Å². The van der Waals surface area contributed by atoms with Crippen LogP contribution in [0.2, 0.25) is 0 Å². The lowest BCUT2D eigenvalue weighted by atomic mass is 9.88. The van der Waals surface area contributed by atoms with Crippen molar-refractivity contribution < 1.29 is 0 Å². The molecule has 100 valence electrons. The Morgan fingerprint density at radius 1 is 1.42 bits per heavy atom. The van der Waals surface area contributed by atoms with E-state index < -0.39 is 0 Å². The third-order valence-corrected chi connectivity index (χ3v) is 3.56. The van der Waals surface area contributed by atoms with Gasteiger partial charge in [0.05, 0.1) is 11.7 Å². The second-order valence-electron chi connectivity index (χ2n) is 5.19. The van der Waals surface area contributed by atoms with Crippen molar-refractivity contribution in [2.75, 3.05) is 5.32 Å². The summed E-state index contributed by atoms with van der Waals surface area (Å²) in [4.78, 5) is 5.08. The lowest BCUT2D eigenvalue weighted by Crippen LogP contribution is -2.31. The maximum atomic E-state index is 8.77. The molecule has 0 aliphatic carbocycles. The molecule has 0 fully saturated rings. The van der Waals surface area contributed by atoms with Gasteiger partial charge in [0, 0.05) is 5.38 Å². The quantitative estimate of drug-likeness (QED) is 0.376. The zero-order valence-electron chi connectivity index (χ0n) is 11.5. The SMILES string of the molecule is CC(N=C(NC#N)Nc1csc(C#N)c1)C(C)(C)C. The van der Waals surface area contributed by atoms with Crippen LogP contribution in [0.25, 0.3) is 0 Å². The van der Waals surface area contributed by atoms with Crippen molar-refractivity contribution in [3.63, 3.8) is 0 Å². The van der Waals surface area contributed by atoms with E-state index in [0.29, 0.717) is 10.8 Å². The number of nitrogens with zero attached hydrogens (tertiary/aromatic N) is 3. The first kappa shape index (κ1) is 15.0. The Balaban J connectivity index is 2.87. The first-order valence-electron chi connectivity index (χ1n) is 5.85. The summed E-state index contributed by atoms with van der Waals surface area (Å²) in [7, 11) is 0. The van der Waals surface area contributed by atoms with Crippen LogP contribution in [-0.4, -0.2) is 12.0 Å². The fraction of sp³-hybridized carbons (Fsp3) is 0.462. The van der Waals surface area contributed by atoms with Gasteiger partial charge in [0.25, 0.3) is 0 Å². The third-order valence-electron chi connectivity index (χ3n) is 2.72. The normalized spacial score (nSPS) is 13.3. The number of rotatable bonds is 2. The maximum absolute atomic E-state index is 8.77. The summed E-state index contributed by atoms with van der Waals surface area (Å²) in [5.74, 6) is 0.396. The molecule has 0 aromatic carbocycles. The van der Waals surface area contributed by atoms with Crippen LogP contribution < -0.4 is 10.6 Å². The predicted molar refractivity (Wildman–Crippen MR) is 77.8 cm³/mol. The van der Waals surface area contributed by atoms with Crippen LogP contribution in [0.3, 0.4) is 0 Å². The predicted octanol–water partition coefficient (Wildman–Crippen LogP) is 2.89. The Morgan fingerprint density at radius 3 is 2.58 bits per heavy atom. The van der Waals surface area contributed by atoms with Gasteiger partial charge in [-0.05, 0) is 18.4 Å². The van der Waals surface area contributed by atoms with Crippen LogP contribution in [0, 0.1) is 28.2 Å². The molecular weight excluding hydrogens is 258 g/mol. The lowest BCUT2D eigenvalue weighted by Gasteiger charge is -2.24. The Hall–Kier alpha value is -2.05. The fourth-order valence-corrected chi connectivity index (χ4v) is 1.76. The molecule has 1 aromatic heterocycles. The maximum Gasteiger partial charge on any atom is 0.209 e. The van der Waals surface area contributed by atoms with Crippen molar-refractivity contribution in [2.24, 2.45) is 10.4 Å². The molecule has 1 heterocycles. The summed E-state index contributed by atoms with van der Waals surface area (Å²) < 4.78 is 0. The molecule has 19 heavy (non-hydrogen) atoms. The Kier molecular flexibility index (Phi) is 4.91. The first-order valence-corrected chi connectivity index (χ1v) is 6.73. The number of nitriles is 2. The van der Waals surface area contributed by atoms with E-state index >= 15 is 0 Å². The average molecular weight is 275 g/mol. The number of aliphatic imine (C=N–C) groups is 1. The monoisotopic (exact) mass is 275 g/mol. The van der Waals surface area contributed by atoms with Gasteiger partial charge in [0.2, 0.25) is 5.96 Å². The summed E-state index contributed by atoms with van der Waals surface area (Å²) in [5.41, 5.74) is 0.764. The molecule has 6 heteroatoms. The first-order chi connectivity index (χ1) is 8.86. The molecule has 0 aliphatic heterocycles. The largest absolute Gasteiger partial charge is 0.325 e. The minimum absolute atomic E-state index is 0.0104. The van der Waals surface area contributed by atoms with Gasteiger partial charge in [-0.1, -0.05) is 20.8 Å². The molecule has 1 atom stereocenters. The molecule has 0 aliphatic rings. The van der Waals surface area contributed by atoms with Crippen molar-refractivity contribution in [2.45, 2.75) is 33.7 Å². The number of guanidine groups is 1. The van der Waals surface area contributed by atoms with E-state index in [-0.39, 0.29) is 11.5 Å². The van der Waals surface area contributed by atoms with Crippen molar-refractivity contribution in [3.8, 4) is 12.3 Å². The van der Waals surface area contributed by atoms with E-state index in [1.54, 1.807) is 6.07 Å². The molecule has 1 rings (SSSR count). The third kappa shape index (κ3) is 4.61.